The van der Waals surface area contributed by atoms with Crippen LogP contribution in [0.1, 0.15) is 29.7 Å². The summed E-state index contributed by atoms with van der Waals surface area (Å²) in [5.41, 5.74) is 9.06. The van der Waals surface area contributed by atoms with Gasteiger partial charge in [-0.15, -0.1) is 0 Å². The van der Waals surface area contributed by atoms with E-state index < -0.39 is 0 Å². The van der Waals surface area contributed by atoms with Crippen molar-refractivity contribution in [1.82, 2.24) is 0 Å². The van der Waals surface area contributed by atoms with Crippen LogP contribution >= 0.6 is 0 Å². The molecular formula is C15H16FN. The molecule has 0 aliphatic carbocycles. The zero-order valence-corrected chi connectivity index (χ0v) is 9.86. The van der Waals surface area contributed by atoms with Crippen LogP contribution in [0.15, 0.2) is 48.5 Å². The average molecular weight is 229 g/mol. The van der Waals surface area contributed by atoms with Crippen molar-refractivity contribution in [3.63, 3.8) is 0 Å². The third kappa shape index (κ3) is 3.14. The summed E-state index contributed by atoms with van der Waals surface area (Å²) in [6.45, 7) is 1.96. The number of hydrogen-bond donors (Lipinski definition) is 1. The second-order valence-electron chi connectivity index (χ2n) is 4.34. The molecule has 0 saturated heterocycles. The van der Waals surface area contributed by atoms with E-state index in [9.17, 15) is 4.39 Å². The van der Waals surface area contributed by atoms with E-state index in [-0.39, 0.29) is 11.9 Å². The van der Waals surface area contributed by atoms with E-state index >= 15 is 0 Å². The SMILES string of the molecule is CC(N)c1ccc(Cc2cccc(F)c2)cc1. The fourth-order valence-corrected chi connectivity index (χ4v) is 1.82. The molecule has 2 aromatic rings. The summed E-state index contributed by atoms with van der Waals surface area (Å²) < 4.78 is 13.0. The molecule has 2 N–H and O–H groups in total. The Morgan fingerprint density at radius 1 is 1.06 bits per heavy atom. The molecule has 2 rings (SSSR count). The number of rotatable bonds is 3. The highest BCUT2D eigenvalue weighted by atomic mass is 19.1. The van der Waals surface area contributed by atoms with Crippen molar-refractivity contribution in [2.24, 2.45) is 5.73 Å². The Hall–Kier alpha value is -1.67. The minimum atomic E-state index is -0.185. The van der Waals surface area contributed by atoms with E-state index in [1.807, 2.05) is 37.3 Å². The van der Waals surface area contributed by atoms with E-state index in [0.29, 0.717) is 0 Å². The highest BCUT2D eigenvalue weighted by Gasteiger charge is 2.01. The van der Waals surface area contributed by atoms with Gasteiger partial charge in [0.2, 0.25) is 0 Å². The summed E-state index contributed by atoms with van der Waals surface area (Å²) in [6.07, 6.45) is 0.747. The van der Waals surface area contributed by atoms with E-state index in [1.165, 1.54) is 11.6 Å². The molecule has 0 heterocycles. The molecule has 0 aliphatic heterocycles. The van der Waals surface area contributed by atoms with Gasteiger partial charge in [0.1, 0.15) is 5.82 Å². The maximum atomic E-state index is 13.0. The zero-order valence-electron chi connectivity index (χ0n) is 9.86. The molecule has 0 fully saturated rings. The van der Waals surface area contributed by atoms with Crippen molar-refractivity contribution < 1.29 is 4.39 Å². The van der Waals surface area contributed by atoms with Crippen molar-refractivity contribution in [2.75, 3.05) is 0 Å². The molecule has 2 heteroatoms. The molecule has 0 radical (unpaired) electrons. The van der Waals surface area contributed by atoms with Crippen LogP contribution in [0.2, 0.25) is 0 Å². The molecule has 1 unspecified atom stereocenters. The van der Waals surface area contributed by atoms with E-state index in [2.05, 4.69) is 0 Å². The smallest absolute Gasteiger partial charge is 0.123 e. The molecule has 0 spiro atoms. The van der Waals surface area contributed by atoms with Crippen LogP contribution in [0.3, 0.4) is 0 Å². The van der Waals surface area contributed by atoms with E-state index in [0.717, 1.165) is 17.5 Å². The van der Waals surface area contributed by atoms with Gasteiger partial charge >= 0.3 is 0 Å². The van der Waals surface area contributed by atoms with Gasteiger partial charge in [-0.1, -0.05) is 36.4 Å². The molecule has 2 aromatic carbocycles. The van der Waals surface area contributed by atoms with Gasteiger partial charge in [0, 0.05) is 6.04 Å². The summed E-state index contributed by atoms with van der Waals surface area (Å²) in [4.78, 5) is 0. The van der Waals surface area contributed by atoms with E-state index in [4.69, 9.17) is 5.73 Å². The van der Waals surface area contributed by atoms with Gasteiger partial charge in [-0.2, -0.15) is 0 Å². The van der Waals surface area contributed by atoms with Crippen molar-refractivity contribution in [3.05, 3.63) is 71.0 Å². The molecule has 88 valence electrons. The Morgan fingerprint density at radius 2 is 1.76 bits per heavy atom. The maximum Gasteiger partial charge on any atom is 0.123 e. The third-order valence-electron chi connectivity index (χ3n) is 2.80. The predicted molar refractivity (Wildman–Crippen MR) is 68.3 cm³/mol. The standard InChI is InChI=1S/C15H16FN/c1-11(17)14-7-5-12(6-8-14)9-13-3-2-4-15(16)10-13/h2-8,10-11H,9,17H2,1H3. The molecule has 0 saturated carbocycles. The van der Waals surface area contributed by atoms with Crippen molar-refractivity contribution in [2.45, 2.75) is 19.4 Å². The molecule has 0 aromatic heterocycles. The van der Waals surface area contributed by atoms with Crippen LogP contribution in [-0.4, -0.2) is 0 Å². The lowest BCUT2D eigenvalue weighted by Gasteiger charge is -2.07. The minimum absolute atomic E-state index is 0.0539. The Balaban J connectivity index is 2.14. The van der Waals surface area contributed by atoms with Crippen LogP contribution < -0.4 is 5.73 Å². The summed E-state index contributed by atoms with van der Waals surface area (Å²) in [5, 5.41) is 0. The first-order valence-electron chi connectivity index (χ1n) is 5.74. The summed E-state index contributed by atoms with van der Waals surface area (Å²) >= 11 is 0. The predicted octanol–water partition coefficient (Wildman–Crippen LogP) is 3.44. The van der Waals surface area contributed by atoms with Gasteiger partial charge in [-0.25, -0.2) is 4.39 Å². The summed E-state index contributed by atoms with van der Waals surface area (Å²) in [7, 11) is 0. The first kappa shape index (κ1) is 11.8. The number of benzene rings is 2. The fraction of sp³-hybridized carbons (Fsp3) is 0.200. The minimum Gasteiger partial charge on any atom is -0.324 e. The zero-order chi connectivity index (χ0) is 12.3. The highest BCUT2D eigenvalue weighted by Crippen LogP contribution is 2.14. The number of hydrogen-bond acceptors (Lipinski definition) is 1. The maximum absolute atomic E-state index is 13.0. The largest absolute Gasteiger partial charge is 0.324 e. The number of nitrogens with two attached hydrogens (primary N) is 1. The lowest BCUT2D eigenvalue weighted by Crippen LogP contribution is -2.04. The van der Waals surface area contributed by atoms with Crippen LogP contribution in [0.25, 0.3) is 0 Å². The van der Waals surface area contributed by atoms with Crippen LogP contribution in [0.4, 0.5) is 4.39 Å². The monoisotopic (exact) mass is 229 g/mol. The van der Waals surface area contributed by atoms with Gasteiger partial charge in [0.25, 0.3) is 0 Å². The molecule has 17 heavy (non-hydrogen) atoms. The molecule has 0 amide bonds. The molecular weight excluding hydrogens is 213 g/mol. The quantitative estimate of drug-likeness (QED) is 0.857. The number of halogens is 1. The van der Waals surface area contributed by atoms with Crippen LogP contribution in [-0.2, 0) is 6.42 Å². The highest BCUT2D eigenvalue weighted by molar-refractivity contribution is 5.29. The van der Waals surface area contributed by atoms with E-state index in [1.54, 1.807) is 12.1 Å². The normalized spacial score (nSPS) is 12.4. The van der Waals surface area contributed by atoms with Gasteiger partial charge in [-0.3, -0.25) is 0 Å². The van der Waals surface area contributed by atoms with Gasteiger partial charge in [-0.05, 0) is 42.2 Å². The van der Waals surface area contributed by atoms with Crippen LogP contribution in [0, 0.1) is 5.82 Å². The van der Waals surface area contributed by atoms with Gasteiger partial charge < -0.3 is 5.73 Å². The van der Waals surface area contributed by atoms with Crippen molar-refractivity contribution in [3.8, 4) is 0 Å². The van der Waals surface area contributed by atoms with Crippen LogP contribution in [0.5, 0.6) is 0 Å². The second-order valence-corrected chi connectivity index (χ2v) is 4.34. The summed E-state index contributed by atoms with van der Waals surface area (Å²) in [5.74, 6) is -0.185. The average Bonchev–Trinajstić information content (AvgIpc) is 2.29. The first-order valence-corrected chi connectivity index (χ1v) is 5.74. The Kier molecular flexibility index (Phi) is 3.55. The van der Waals surface area contributed by atoms with Gasteiger partial charge in [0.05, 0.1) is 0 Å². The Labute approximate surface area is 101 Å². The van der Waals surface area contributed by atoms with Crippen molar-refractivity contribution in [1.29, 1.82) is 0 Å². The topological polar surface area (TPSA) is 26.0 Å². The summed E-state index contributed by atoms with van der Waals surface area (Å²) in [6, 6.07) is 14.9. The Bertz CT molecular complexity index is 489. The lowest BCUT2D eigenvalue weighted by atomic mass is 10.0. The first-order chi connectivity index (χ1) is 8.15. The second kappa shape index (κ2) is 5.11. The van der Waals surface area contributed by atoms with Gasteiger partial charge in [0.15, 0.2) is 0 Å². The lowest BCUT2D eigenvalue weighted by molar-refractivity contribution is 0.626. The molecule has 1 atom stereocenters. The van der Waals surface area contributed by atoms with Crippen molar-refractivity contribution >= 4 is 0 Å². The molecule has 0 aliphatic rings. The molecule has 0 bridgehead atoms. The third-order valence-corrected chi connectivity index (χ3v) is 2.80. The fourth-order valence-electron chi connectivity index (χ4n) is 1.82. The molecule has 1 nitrogen and oxygen atoms in total. The Morgan fingerprint density at radius 3 is 2.35 bits per heavy atom.